The predicted octanol–water partition coefficient (Wildman–Crippen LogP) is 33.9. The van der Waals surface area contributed by atoms with Crippen molar-refractivity contribution in [2.45, 2.75) is 0 Å². The third-order valence-corrected chi connectivity index (χ3v) is 24.2. The minimum absolute atomic E-state index is 0. The van der Waals surface area contributed by atoms with Crippen molar-refractivity contribution >= 4 is 135 Å². The van der Waals surface area contributed by atoms with Crippen molar-refractivity contribution in [2.75, 3.05) is 0 Å². The second-order valence-electron chi connectivity index (χ2n) is 32.0. The molecule has 0 fully saturated rings. The van der Waals surface area contributed by atoms with Gasteiger partial charge in [0.2, 0.25) is 0 Å². The van der Waals surface area contributed by atoms with Crippen LogP contribution in [0.25, 0.3) is 188 Å². The number of hydrogen-bond acceptors (Lipinski definition) is 0. The summed E-state index contributed by atoms with van der Waals surface area (Å²) in [6.07, 6.45) is 4.55. The van der Waals surface area contributed by atoms with Crippen molar-refractivity contribution in [1.29, 1.82) is 1.28 Å². The Kier molecular flexibility index (Phi) is 27.0. The van der Waals surface area contributed by atoms with E-state index in [0.717, 1.165) is 0 Å². The molecule has 1 unspecified atom stereocenters. The summed E-state index contributed by atoms with van der Waals surface area (Å²) in [6.45, 7) is 0. The molecule has 2 radical (unpaired) electrons. The molecule has 0 heterocycles. The van der Waals surface area contributed by atoms with E-state index in [9.17, 15) is 0 Å². The van der Waals surface area contributed by atoms with Crippen molar-refractivity contribution in [2.24, 2.45) is 0 Å². The van der Waals surface area contributed by atoms with Crippen LogP contribution < -0.4 is 0 Å². The zero-order valence-electron chi connectivity index (χ0n) is 72.4. The zero-order valence-corrected chi connectivity index (χ0v) is 78.4. The second kappa shape index (κ2) is 40.9. The summed E-state index contributed by atoms with van der Waals surface area (Å²) in [7, 11) is 1.67. The largest absolute Gasteiger partial charge is 0.0622 e. The third-order valence-electron chi connectivity index (χ3n) is 24.2. The van der Waals surface area contributed by atoms with E-state index < -0.39 is 0 Å². The average molecular weight is 1900 g/mol. The standard InChI is InChI=1S/C40H26.C40H30.C28H18.C18H14.Bi.H3P.V.2H/c1-5-13-27(14-6-1)35-25-36(28-15-7-2-8-16-28)32-23-24-34-38(30-19-11-4-12-20-30)26-37(29-17-9-3-10-18-29)33-22-21-31(35)39(32)40(33)34;1-5-13-35(14-6-1)39(36-15-7-2-8-16-36)29-31-21-25-33(26-22-31)34-27-23-32(24-28-34)30-40(37-17-9-3-10-18-37)38-19-11-4-12-20-38;1-5-13-23-19(9-1)17-20-10-2-6-14-24(20)27(23)28-25-15-7-3-11-21(25)18-22-12-4-8-16-26(22)28;1-3-7-15(8-4-1)17-11-13-18(14-12-17)16-9-5-2-6-10-16;;;;;/h1-26H;1-30H;1-18H;1-14H;;1H3;;;/i;;;;;1D;;;. The summed E-state index contributed by atoms with van der Waals surface area (Å²) in [4.78, 5) is 0. The number of benzene rings is 23. The molecule has 0 aliphatic rings. The summed E-state index contributed by atoms with van der Waals surface area (Å²) in [5.41, 5.74) is 29.8. The van der Waals surface area contributed by atoms with E-state index in [-0.39, 0.29) is 44.8 Å². The molecule has 3 heteroatoms. The van der Waals surface area contributed by atoms with Gasteiger partial charge in [-0.25, -0.2) is 0 Å². The van der Waals surface area contributed by atoms with Crippen LogP contribution in [0.3, 0.4) is 0 Å². The average Bonchev–Trinajstić information content (AvgIpc) is 0.708. The van der Waals surface area contributed by atoms with Crippen molar-refractivity contribution in [3.05, 3.63) is 555 Å². The van der Waals surface area contributed by atoms with Gasteiger partial charge in [0.05, 0.1) is 1.28 Å². The number of fused-ring (bicyclic) bond motifs is 4. The zero-order chi connectivity index (χ0) is 86.2. The summed E-state index contributed by atoms with van der Waals surface area (Å²) in [5, 5.41) is 18.2. The normalized spacial score (nSPS) is 10.8. The van der Waals surface area contributed by atoms with Gasteiger partial charge in [-0.1, -0.05) is 497 Å². The van der Waals surface area contributed by atoms with E-state index in [1.54, 1.807) is 9.84 Å². The Morgan fingerprint density at radius 3 is 0.574 bits per heavy atom. The van der Waals surface area contributed by atoms with E-state index in [4.69, 9.17) is 1.28 Å². The van der Waals surface area contributed by atoms with Crippen LogP contribution in [0.2, 0.25) is 0 Å². The molecule has 0 aromatic heterocycles. The van der Waals surface area contributed by atoms with Gasteiger partial charge in [-0.05, 0) is 245 Å². The third kappa shape index (κ3) is 18.9. The molecule has 0 saturated carbocycles. The fraction of sp³-hybridized carbons (Fsp3) is 0. The molecule has 0 nitrogen and oxygen atoms in total. The fourth-order valence-electron chi connectivity index (χ4n) is 18.1. The second-order valence-corrected chi connectivity index (χ2v) is 32.0. The molecule has 0 saturated heterocycles. The van der Waals surface area contributed by atoms with Crippen LogP contribution in [0.5, 0.6) is 0 Å². The summed E-state index contributed by atoms with van der Waals surface area (Å²) in [5.74, 6) is 0. The molecular formula is C126H93BiPV. The van der Waals surface area contributed by atoms with Crippen LogP contribution >= 0.6 is 9.84 Å². The van der Waals surface area contributed by atoms with Gasteiger partial charge in [0.1, 0.15) is 0 Å². The first-order valence-electron chi connectivity index (χ1n) is 44.0. The molecule has 0 aliphatic heterocycles. The molecule has 23 rings (SSSR count). The van der Waals surface area contributed by atoms with E-state index >= 15 is 0 Å². The first kappa shape index (κ1) is 85.3. The molecule has 612 valence electrons. The van der Waals surface area contributed by atoms with Crippen molar-refractivity contribution in [3.8, 4) is 89.0 Å². The van der Waals surface area contributed by atoms with E-state index in [1.165, 1.54) is 209 Å². The monoisotopic (exact) mass is 1900 g/mol. The van der Waals surface area contributed by atoms with E-state index in [0.29, 0.717) is 0 Å². The van der Waals surface area contributed by atoms with Gasteiger partial charge < -0.3 is 0 Å². The first-order chi connectivity index (χ1) is 63.5. The van der Waals surface area contributed by atoms with Crippen molar-refractivity contribution in [3.63, 3.8) is 0 Å². The maximum absolute atomic E-state index is 5.67. The van der Waals surface area contributed by atoms with Gasteiger partial charge in [0.15, 0.2) is 0 Å². The van der Waals surface area contributed by atoms with Crippen molar-refractivity contribution in [1.82, 2.24) is 0 Å². The van der Waals surface area contributed by atoms with Crippen LogP contribution in [-0.4, -0.2) is 27.5 Å². The van der Waals surface area contributed by atoms with Gasteiger partial charge in [0.25, 0.3) is 0 Å². The van der Waals surface area contributed by atoms with Gasteiger partial charge >= 0.3 is 26.2 Å². The molecule has 0 spiro atoms. The molecule has 0 aliphatic carbocycles. The van der Waals surface area contributed by atoms with Crippen LogP contribution in [0.4, 0.5) is 0 Å². The van der Waals surface area contributed by atoms with Gasteiger partial charge in [-0.15, -0.1) is 0 Å². The van der Waals surface area contributed by atoms with E-state index in [2.05, 4.69) is 522 Å². The molecule has 23 aromatic carbocycles. The number of hydrogen-bond donors (Lipinski definition) is 0. The van der Waals surface area contributed by atoms with E-state index in [1.807, 2.05) is 12.1 Å². The Bertz CT molecular complexity index is 6960. The van der Waals surface area contributed by atoms with Crippen LogP contribution in [-0.2, 0) is 18.6 Å². The molecule has 0 amide bonds. The topological polar surface area (TPSA) is 0 Å². The Labute approximate surface area is 791 Å². The Morgan fingerprint density at radius 1 is 0.171 bits per heavy atom. The SMILES string of the molecule is C(=C(c1ccccc1)c1ccccc1)c1ccc(-c2ccc(C=C(c3ccccc3)c3ccccc3)cc2)cc1.[2H]P.[BiH2].[V].c1ccc(-c2cc(-c3ccccc3)c3ccc4c(-c5ccccc5)cc(-c5ccccc5)c5ccc2c3c54)cc1.c1ccc(-c2ccc(-c3ccccc3)cc2)cc1.c1ccc2c(-c3c4ccccc4cc4ccccc34)c3ccccc3cc2c1. The molecule has 0 bridgehead atoms. The smallest absolute Gasteiger partial charge is 0 e. The minimum Gasteiger partial charge on any atom is -0.0622 e. The minimum atomic E-state index is 0. The predicted molar refractivity (Wildman–Crippen MR) is 562 cm³/mol. The van der Waals surface area contributed by atoms with Gasteiger partial charge in [-0.3, -0.25) is 0 Å². The van der Waals surface area contributed by atoms with Crippen LogP contribution in [0.1, 0.15) is 33.4 Å². The van der Waals surface area contributed by atoms with Gasteiger partial charge in [-0.2, -0.15) is 9.84 Å². The summed E-state index contributed by atoms with van der Waals surface area (Å²) in [6, 6.07) is 187. The maximum atomic E-state index is 5.67. The summed E-state index contributed by atoms with van der Waals surface area (Å²) < 4.78 is 5.67. The maximum Gasteiger partial charge on any atom is 0 e. The molecule has 23 aromatic rings. The Morgan fingerprint density at radius 2 is 0.349 bits per heavy atom. The van der Waals surface area contributed by atoms with Crippen molar-refractivity contribution < 1.29 is 18.6 Å². The fourth-order valence-corrected chi connectivity index (χ4v) is 18.1. The molecule has 0 N–H and O–H groups in total. The summed E-state index contributed by atoms with van der Waals surface area (Å²) >= 11 is 0. The van der Waals surface area contributed by atoms with Crippen LogP contribution in [0.15, 0.2) is 522 Å². The first-order valence-corrected chi connectivity index (χ1v) is 43.4. The van der Waals surface area contributed by atoms with Crippen LogP contribution in [0, 0.1) is 0 Å². The molecular weight excluding hydrogens is 1800 g/mol. The quantitative estimate of drug-likeness (QED) is 0.0335. The van der Waals surface area contributed by atoms with Gasteiger partial charge in [0, 0.05) is 18.6 Å². The number of rotatable bonds is 14. The molecule has 1 atom stereocenters. The molecule has 129 heavy (non-hydrogen) atoms. The Balaban J connectivity index is 0.000000124. The Hall–Kier alpha value is -14.5.